The fraction of sp³-hybridized carbons (Fsp3) is 0.100. The number of fused-ring (bicyclic) bond motifs is 2. The van der Waals surface area contributed by atoms with Crippen LogP contribution in [0, 0.1) is 12.7 Å². The third kappa shape index (κ3) is 4.57. The van der Waals surface area contributed by atoms with Gasteiger partial charge in [-0.1, -0.05) is 30.3 Å². The lowest BCUT2D eigenvalue weighted by Gasteiger charge is -2.15. The fourth-order valence-corrected chi connectivity index (χ4v) is 4.97. The van der Waals surface area contributed by atoms with Crippen molar-refractivity contribution < 1.29 is 9.50 Å². The molecule has 0 fully saturated rings. The molecule has 7 aromatic rings. The SMILES string of the molecule is Cc1cn(-c2nccc3[nH]c(-c4n[nH]c5ccc(-c6cncc(NC(O)Cc7ccccc7)c6)c(F)c45)nc23)cn1. The maximum absolute atomic E-state index is 16.2. The first-order chi connectivity index (χ1) is 20.0. The Kier molecular flexibility index (Phi) is 5.98. The van der Waals surface area contributed by atoms with E-state index in [1.54, 1.807) is 47.7 Å². The van der Waals surface area contributed by atoms with Gasteiger partial charge in [0.25, 0.3) is 0 Å². The second-order valence-corrected chi connectivity index (χ2v) is 9.77. The molecule has 0 amide bonds. The Morgan fingerprint density at radius 2 is 1.93 bits per heavy atom. The summed E-state index contributed by atoms with van der Waals surface area (Å²) in [6.07, 6.45) is 7.99. The molecule has 1 atom stereocenters. The Bertz CT molecular complexity index is 2010. The molecule has 202 valence electrons. The Morgan fingerprint density at radius 1 is 1.05 bits per heavy atom. The normalized spacial score (nSPS) is 12.3. The van der Waals surface area contributed by atoms with E-state index in [9.17, 15) is 5.11 Å². The minimum Gasteiger partial charge on any atom is -0.373 e. The second kappa shape index (κ2) is 9.96. The summed E-state index contributed by atoms with van der Waals surface area (Å²) in [4.78, 5) is 21.1. The largest absolute Gasteiger partial charge is 0.373 e. The molecule has 0 bridgehead atoms. The molecule has 41 heavy (non-hydrogen) atoms. The van der Waals surface area contributed by atoms with E-state index < -0.39 is 12.0 Å². The number of aryl methyl sites for hydroxylation is 1. The predicted molar refractivity (Wildman–Crippen MR) is 154 cm³/mol. The third-order valence-electron chi connectivity index (χ3n) is 6.88. The van der Waals surface area contributed by atoms with Crippen LogP contribution in [0.25, 0.3) is 50.4 Å². The average molecular weight is 546 g/mol. The van der Waals surface area contributed by atoms with Gasteiger partial charge in [-0.2, -0.15) is 5.10 Å². The van der Waals surface area contributed by atoms with Crippen LogP contribution >= 0.6 is 0 Å². The van der Waals surface area contributed by atoms with Crippen LogP contribution in [0.1, 0.15) is 11.3 Å². The van der Waals surface area contributed by atoms with Gasteiger partial charge in [0.1, 0.15) is 29.6 Å². The molecule has 0 saturated carbocycles. The van der Waals surface area contributed by atoms with Crippen LogP contribution in [0.2, 0.25) is 0 Å². The topological polar surface area (TPSA) is 133 Å². The Labute approximate surface area is 233 Å². The summed E-state index contributed by atoms with van der Waals surface area (Å²) in [5, 5.41) is 21.2. The molecule has 0 saturated heterocycles. The molecule has 5 heterocycles. The Balaban J connectivity index is 1.24. The molecule has 0 aliphatic heterocycles. The van der Waals surface area contributed by atoms with E-state index in [0.29, 0.717) is 57.0 Å². The smallest absolute Gasteiger partial charge is 0.166 e. The number of aromatic nitrogens is 8. The zero-order chi connectivity index (χ0) is 27.9. The van der Waals surface area contributed by atoms with Crippen molar-refractivity contribution in [1.29, 1.82) is 0 Å². The zero-order valence-corrected chi connectivity index (χ0v) is 21.9. The van der Waals surface area contributed by atoms with Crippen molar-refractivity contribution in [3.05, 3.63) is 103 Å². The molecule has 1 unspecified atom stereocenters. The van der Waals surface area contributed by atoms with E-state index in [-0.39, 0.29) is 0 Å². The minimum absolute atomic E-state index is 0.303. The summed E-state index contributed by atoms with van der Waals surface area (Å²) >= 11 is 0. The van der Waals surface area contributed by atoms with Crippen LogP contribution in [0.3, 0.4) is 0 Å². The summed E-state index contributed by atoms with van der Waals surface area (Å²) in [6.45, 7) is 1.90. The second-order valence-electron chi connectivity index (χ2n) is 9.77. The first-order valence-electron chi connectivity index (χ1n) is 13.0. The van der Waals surface area contributed by atoms with Gasteiger partial charge >= 0.3 is 0 Å². The number of halogens is 1. The molecule has 4 N–H and O–H groups in total. The number of H-pyrrole nitrogens is 2. The highest BCUT2D eigenvalue weighted by molar-refractivity contribution is 5.97. The van der Waals surface area contributed by atoms with Crippen molar-refractivity contribution in [2.75, 3.05) is 5.32 Å². The summed E-state index contributed by atoms with van der Waals surface area (Å²) in [5.41, 5.74) is 5.56. The van der Waals surface area contributed by atoms with Crippen LogP contribution in [0.5, 0.6) is 0 Å². The van der Waals surface area contributed by atoms with Crippen molar-refractivity contribution >= 4 is 27.6 Å². The number of hydrogen-bond donors (Lipinski definition) is 4. The molecule has 0 spiro atoms. The molecule has 10 nitrogen and oxygen atoms in total. The number of anilines is 1. The highest BCUT2D eigenvalue weighted by Gasteiger charge is 2.21. The summed E-state index contributed by atoms with van der Waals surface area (Å²) in [7, 11) is 0. The molecular weight excluding hydrogens is 521 g/mol. The van der Waals surface area contributed by atoms with Gasteiger partial charge in [0, 0.05) is 36.1 Å². The number of imidazole rings is 2. The lowest BCUT2D eigenvalue weighted by atomic mass is 10.0. The van der Waals surface area contributed by atoms with E-state index in [2.05, 4.69) is 35.5 Å². The molecule has 0 aliphatic rings. The minimum atomic E-state index is -0.832. The number of rotatable bonds is 7. The van der Waals surface area contributed by atoms with E-state index in [1.807, 2.05) is 49.5 Å². The van der Waals surface area contributed by atoms with Crippen LogP contribution in [0.4, 0.5) is 10.1 Å². The first-order valence-corrected chi connectivity index (χ1v) is 13.0. The molecule has 7 rings (SSSR count). The predicted octanol–water partition coefficient (Wildman–Crippen LogP) is 5.17. The maximum atomic E-state index is 16.2. The maximum Gasteiger partial charge on any atom is 0.166 e. The number of nitrogens with one attached hydrogen (secondary N) is 3. The van der Waals surface area contributed by atoms with Crippen molar-refractivity contribution in [3.8, 4) is 28.5 Å². The third-order valence-corrected chi connectivity index (χ3v) is 6.88. The van der Waals surface area contributed by atoms with Crippen LogP contribution in [-0.2, 0) is 6.42 Å². The fourth-order valence-electron chi connectivity index (χ4n) is 4.97. The number of benzene rings is 2. The van der Waals surface area contributed by atoms with Crippen molar-refractivity contribution in [2.45, 2.75) is 19.6 Å². The number of aliphatic hydroxyl groups is 1. The Hall–Kier alpha value is -5.42. The number of nitrogens with zero attached hydrogens (tertiary/aromatic N) is 6. The van der Waals surface area contributed by atoms with Gasteiger partial charge in [-0.3, -0.25) is 14.6 Å². The van der Waals surface area contributed by atoms with Crippen LogP contribution in [0.15, 0.2) is 85.7 Å². The monoisotopic (exact) mass is 545 g/mol. The van der Waals surface area contributed by atoms with E-state index in [0.717, 1.165) is 16.8 Å². The van der Waals surface area contributed by atoms with Gasteiger partial charge in [0.15, 0.2) is 11.6 Å². The summed E-state index contributed by atoms with van der Waals surface area (Å²) in [6, 6.07) is 16.7. The lowest BCUT2D eigenvalue weighted by Crippen LogP contribution is -2.21. The average Bonchev–Trinajstić information content (AvgIpc) is 3.72. The molecule has 2 aromatic carbocycles. The van der Waals surface area contributed by atoms with Crippen LogP contribution < -0.4 is 5.32 Å². The lowest BCUT2D eigenvalue weighted by molar-refractivity contribution is 0.204. The standard InChI is InChI=1S/C30H24FN9O/c1-17-15-40(16-34-17)30-27-23(9-10-33-30)36-29(37-27)28-25-22(38-39-28)8-7-21(26(25)31)19-12-20(14-32-13-19)35-24(41)11-18-5-3-2-4-6-18/h2-10,12-16,24,35,41H,11H2,1H3,(H,36,37)(H,38,39). The van der Waals surface area contributed by atoms with Crippen LogP contribution in [-0.4, -0.2) is 51.0 Å². The zero-order valence-electron chi connectivity index (χ0n) is 21.9. The van der Waals surface area contributed by atoms with E-state index in [1.165, 1.54) is 0 Å². The number of aromatic amines is 2. The first kappa shape index (κ1) is 24.6. The summed E-state index contributed by atoms with van der Waals surface area (Å²) < 4.78 is 18.0. The highest BCUT2D eigenvalue weighted by Crippen LogP contribution is 2.34. The highest BCUT2D eigenvalue weighted by atomic mass is 19.1. The van der Waals surface area contributed by atoms with Gasteiger partial charge in [-0.15, -0.1) is 0 Å². The van der Waals surface area contributed by atoms with Gasteiger partial charge in [-0.05, 0) is 36.8 Å². The Morgan fingerprint density at radius 3 is 2.76 bits per heavy atom. The quantitative estimate of drug-likeness (QED) is 0.203. The molecular formula is C30H24FN9O. The van der Waals surface area contributed by atoms with Crippen molar-refractivity contribution in [2.24, 2.45) is 0 Å². The van der Waals surface area contributed by atoms with Crippen molar-refractivity contribution in [1.82, 2.24) is 39.7 Å². The van der Waals surface area contributed by atoms with E-state index in [4.69, 9.17) is 4.98 Å². The summed E-state index contributed by atoms with van der Waals surface area (Å²) in [5.74, 6) is 0.557. The molecule has 11 heteroatoms. The van der Waals surface area contributed by atoms with Gasteiger partial charge in [-0.25, -0.2) is 19.3 Å². The van der Waals surface area contributed by atoms with Gasteiger partial charge < -0.3 is 15.4 Å². The number of hydrogen-bond acceptors (Lipinski definition) is 7. The van der Waals surface area contributed by atoms with Gasteiger partial charge in [0.05, 0.1) is 34.0 Å². The number of pyridine rings is 2. The van der Waals surface area contributed by atoms with Crippen molar-refractivity contribution in [3.63, 3.8) is 0 Å². The van der Waals surface area contributed by atoms with E-state index >= 15 is 4.39 Å². The number of aliphatic hydroxyl groups excluding tert-OH is 1. The molecule has 0 radical (unpaired) electrons. The molecule has 0 aliphatic carbocycles. The molecule has 5 aromatic heterocycles. The van der Waals surface area contributed by atoms with Gasteiger partial charge in [0.2, 0.25) is 0 Å².